The Bertz CT molecular complexity index is 2720. The number of esters is 2. The number of nitrogens with one attached hydrogen (secondary N) is 4. The molecular weight excluding hydrogens is 951 g/mol. The van der Waals surface area contributed by atoms with Crippen LogP contribution in [0.4, 0.5) is 17.5 Å². The number of hydrogen-bond donors (Lipinski definition) is 4. The van der Waals surface area contributed by atoms with Crippen molar-refractivity contribution in [2.45, 2.75) is 105 Å². The summed E-state index contributed by atoms with van der Waals surface area (Å²) >= 11 is 0. The summed E-state index contributed by atoms with van der Waals surface area (Å²) in [5, 5.41) is 15.5. The lowest BCUT2D eigenvalue weighted by atomic mass is 10.1. The molecule has 0 bridgehead atoms. The van der Waals surface area contributed by atoms with Gasteiger partial charge < -0.3 is 35.2 Å². The summed E-state index contributed by atoms with van der Waals surface area (Å²) in [5.41, 5.74) is 9.32. The Balaban J connectivity index is 0.000000248. The molecule has 19 heteroatoms. The lowest BCUT2D eigenvalue weighted by Gasteiger charge is -2.12. The standard InChI is InChI=1S/C13H21N3O.C12H17N3O.C12H17NO2.C11H15NO2.C8H9N5/c1-5-6-7-11-8-10(13(17)16(3)4)9-12(14-2)15-11;1-13-11-7-9(12(16)15(2)3)6-10(14-11)8-4-5-8;1-5-10-6-9(12(14)15-4)7-11(13-10)8(2)3;1-4-9-6-8(11(13)14-3)7-10(5-2)12-9;1-9-7-4-6(2-3-10-7)8-11-5-12-13-8/h8-9H,5-7H2,1-4H3,(H,14,15);6-8H,4-5H2,1-3H3,(H,13,14);6-8H,5H2,1-4H3;6-7H,4-5H2,1-3H3;2-5H,1H3,(H,9,10)(H,11,12,13). The Morgan fingerprint density at radius 3 is 1.59 bits per heavy atom. The highest BCUT2D eigenvalue weighted by Gasteiger charge is 2.26. The van der Waals surface area contributed by atoms with Gasteiger partial charge >= 0.3 is 11.9 Å². The van der Waals surface area contributed by atoms with Crippen LogP contribution in [0.25, 0.3) is 11.4 Å². The number of ether oxygens (including phenoxy) is 2. The van der Waals surface area contributed by atoms with E-state index in [4.69, 9.17) is 4.74 Å². The molecule has 2 amide bonds. The molecule has 0 atom stereocenters. The molecule has 0 radical (unpaired) electrons. The summed E-state index contributed by atoms with van der Waals surface area (Å²) in [6.07, 6.45) is 11.2. The largest absolute Gasteiger partial charge is 0.465 e. The quantitative estimate of drug-likeness (QED) is 0.0661. The van der Waals surface area contributed by atoms with E-state index in [-0.39, 0.29) is 23.8 Å². The van der Waals surface area contributed by atoms with Crippen LogP contribution in [0.2, 0.25) is 0 Å². The summed E-state index contributed by atoms with van der Waals surface area (Å²) < 4.78 is 9.37. The summed E-state index contributed by atoms with van der Waals surface area (Å²) in [6, 6.07) is 18.3. The van der Waals surface area contributed by atoms with Crippen LogP contribution in [0, 0.1) is 0 Å². The van der Waals surface area contributed by atoms with E-state index in [2.05, 4.69) is 81.6 Å². The molecule has 404 valence electrons. The lowest BCUT2D eigenvalue weighted by molar-refractivity contribution is 0.0591. The van der Waals surface area contributed by atoms with E-state index in [9.17, 15) is 19.2 Å². The van der Waals surface area contributed by atoms with Crippen molar-refractivity contribution in [3.8, 4) is 11.4 Å². The van der Waals surface area contributed by atoms with Gasteiger partial charge in [0.2, 0.25) is 0 Å². The number of carbonyl (C=O) groups is 4. The molecule has 0 aliphatic heterocycles. The third kappa shape index (κ3) is 20.2. The Labute approximate surface area is 443 Å². The van der Waals surface area contributed by atoms with Crippen LogP contribution in [0.3, 0.4) is 0 Å². The molecule has 0 unspecified atom stereocenters. The first-order valence-electron chi connectivity index (χ1n) is 25.4. The monoisotopic (exact) mass is 1030 g/mol. The third-order valence-corrected chi connectivity index (χ3v) is 11.4. The number of amides is 2. The van der Waals surface area contributed by atoms with Crippen LogP contribution in [0.1, 0.15) is 155 Å². The lowest BCUT2D eigenvalue weighted by Crippen LogP contribution is -2.22. The van der Waals surface area contributed by atoms with Gasteiger partial charge in [0.05, 0.1) is 25.3 Å². The van der Waals surface area contributed by atoms with Crippen LogP contribution in [-0.2, 0) is 35.2 Å². The van der Waals surface area contributed by atoms with Gasteiger partial charge in [0.25, 0.3) is 11.8 Å². The van der Waals surface area contributed by atoms with Crippen molar-refractivity contribution < 1.29 is 28.7 Å². The molecule has 7 rings (SSSR count). The van der Waals surface area contributed by atoms with Gasteiger partial charge in [-0.05, 0) is 112 Å². The third-order valence-electron chi connectivity index (χ3n) is 11.4. The number of carbonyl (C=O) groups excluding carboxylic acids is 4. The number of hydrogen-bond acceptors (Lipinski definition) is 16. The van der Waals surface area contributed by atoms with Crippen molar-refractivity contribution in [1.82, 2.24) is 49.9 Å². The minimum absolute atomic E-state index is 0.0154. The average molecular weight is 1030 g/mol. The minimum Gasteiger partial charge on any atom is -0.465 e. The van der Waals surface area contributed by atoms with Gasteiger partial charge in [0.1, 0.15) is 23.8 Å². The normalized spacial score (nSPS) is 11.1. The summed E-state index contributed by atoms with van der Waals surface area (Å²) in [5.74, 6) is 3.42. The van der Waals surface area contributed by atoms with Crippen LogP contribution < -0.4 is 16.0 Å². The van der Waals surface area contributed by atoms with Gasteiger partial charge in [0, 0.05) is 112 Å². The van der Waals surface area contributed by atoms with E-state index in [0.29, 0.717) is 34.1 Å². The first kappa shape index (κ1) is 61.5. The fourth-order valence-corrected chi connectivity index (χ4v) is 6.86. The van der Waals surface area contributed by atoms with E-state index in [1.807, 2.05) is 66.2 Å². The summed E-state index contributed by atoms with van der Waals surface area (Å²) in [7, 11) is 15.3. The Kier molecular flexibility index (Phi) is 26.0. The van der Waals surface area contributed by atoms with Crippen LogP contribution in [-0.4, -0.2) is 137 Å². The van der Waals surface area contributed by atoms with Crippen LogP contribution in [0.15, 0.2) is 73.2 Å². The zero-order chi connectivity index (χ0) is 55.6. The number of aryl methyl sites for hydroxylation is 4. The highest BCUT2D eigenvalue weighted by Crippen LogP contribution is 2.39. The first-order chi connectivity index (χ1) is 35.9. The molecule has 1 aliphatic carbocycles. The minimum atomic E-state index is -0.297. The first-order valence-corrected chi connectivity index (χ1v) is 25.4. The highest BCUT2D eigenvalue weighted by atomic mass is 16.5. The Hall–Kier alpha value is -7.83. The van der Waals surface area contributed by atoms with Crippen molar-refractivity contribution in [2.24, 2.45) is 0 Å². The fraction of sp³-hybridized carbons (Fsp3) is 0.446. The number of aromatic nitrogens is 8. The number of rotatable bonds is 16. The van der Waals surface area contributed by atoms with E-state index in [0.717, 1.165) is 102 Å². The second-order valence-corrected chi connectivity index (χ2v) is 18.0. The van der Waals surface area contributed by atoms with E-state index < -0.39 is 0 Å². The van der Waals surface area contributed by atoms with Crippen LogP contribution in [0.5, 0.6) is 0 Å². The van der Waals surface area contributed by atoms with E-state index in [1.54, 1.807) is 80.6 Å². The molecule has 1 fully saturated rings. The molecule has 6 aromatic rings. The van der Waals surface area contributed by atoms with E-state index >= 15 is 0 Å². The molecule has 1 saturated carbocycles. The fourth-order valence-electron chi connectivity index (χ4n) is 6.86. The second-order valence-electron chi connectivity index (χ2n) is 18.0. The van der Waals surface area contributed by atoms with Gasteiger partial charge in [-0.15, -0.1) is 0 Å². The zero-order valence-electron chi connectivity index (χ0n) is 46.7. The number of methoxy groups -OCH3 is 2. The molecule has 4 N–H and O–H groups in total. The van der Waals surface area contributed by atoms with Gasteiger partial charge in [-0.3, -0.25) is 24.7 Å². The molecule has 0 spiro atoms. The summed E-state index contributed by atoms with van der Waals surface area (Å²) in [4.78, 5) is 75.6. The maximum atomic E-state index is 11.9. The Morgan fingerprint density at radius 1 is 0.627 bits per heavy atom. The molecular formula is C56H79N13O6. The maximum absolute atomic E-state index is 11.9. The SMILES string of the molecule is CCCCc1cc(C(=O)N(C)C)cc(NC)n1.CCc1cc(C(=O)OC)cc(C(C)C)n1.CCc1cc(C(=O)OC)cc(CC)n1.CNc1cc(-c2ncn[nH]2)ccn1.CNc1cc(C(=O)N(C)C)cc(C2CC2)n1. The van der Waals surface area contributed by atoms with Gasteiger partial charge in [-0.2, -0.15) is 5.10 Å². The van der Waals surface area contributed by atoms with Crippen molar-refractivity contribution in [1.29, 1.82) is 0 Å². The Morgan fingerprint density at radius 2 is 1.13 bits per heavy atom. The predicted octanol–water partition coefficient (Wildman–Crippen LogP) is 9.33. The van der Waals surface area contributed by atoms with Crippen molar-refractivity contribution >= 4 is 41.2 Å². The maximum Gasteiger partial charge on any atom is 0.337 e. The summed E-state index contributed by atoms with van der Waals surface area (Å²) in [6.45, 7) is 12.3. The highest BCUT2D eigenvalue weighted by molar-refractivity contribution is 5.95. The topological polar surface area (TPSA) is 235 Å². The molecule has 75 heavy (non-hydrogen) atoms. The van der Waals surface area contributed by atoms with Gasteiger partial charge in [-0.25, -0.2) is 29.5 Å². The second kappa shape index (κ2) is 31.7. The molecule has 6 aromatic heterocycles. The molecule has 0 saturated heterocycles. The van der Waals surface area contributed by atoms with Crippen molar-refractivity contribution in [3.05, 3.63) is 130 Å². The van der Waals surface area contributed by atoms with Crippen molar-refractivity contribution in [2.75, 3.05) is 79.5 Å². The zero-order valence-corrected chi connectivity index (χ0v) is 46.7. The smallest absolute Gasteiger partial charge is 0.337 e. The number of nitrogens with zero attached hydrogens (tertiary/aromatic N) is 9. The molecule has 19 nitrogen and oxygen atoms in total. The number of anilines is 3. The molecule has 6 heterocycles. The van der Waals surface area contributed by atoms with Crippen molar-refractivity contribution in [3.63, 3.8) is 0 Å². The number of H-pyrrole nitrogens is 1. The number of pyridine rings is 5. The predicted molar refractivity (Wildman–Crippen MR) is 297 cm³/mol. The van der Waals surface area contributed by atoms with Gasteiger partial charge in [0.15, 0.2) is 5.82 Å². The molecule has 0 aromatic carbocycles. The molecule has 1 aliphatic rings. The van der Waals surface area contributed by atoms with E-state index in [1.165, 1.54) is 33.4 Å². The van der Waals surface area contributed by atoms with Crippen LogP contribution >= 0.6 is 0 Å². The van der Waals surface area contributed by atoms with Gasteiger partial charge in [-0.1, -0.05) is 48.0 Å². The number of unbranched alkanes of at least 4 members (excludes halogenated alkanes) is 1. The number of aromatic amines is 1. The average Bonchev–Trinajstić information content (AvgIpc) is 4.16.